The van der Waals surface area contributed by atoms with E-state index in [1.807, 2.05) is 0 Å². The molecule has 0 aliphatic rings. The van der Waals surface area contributed by atoms with Gasteiger partial charge in [-0.1, -0.05) is 71.8 Å². The van der Waals surface area contributed by atoms with Gasteiger partial charge in [-0.3, -0.25) is 0 Å². The van der Waals surface area contributed by atoms with E-state index < -0.39 is 0 Å². The van der Waals surface area contributed by atoms with Crippen LogP contribution in [-0.4, -0.2) is 12.6 Å². The Kier molecular flexibility index (Phi) is 13.1. The van der Waals surface area contributed by atoms with Crippen LogP contribution >= 0.6 is 0 Å². The molecule has 0 aromatic rings. The SMILES string of the molecule is C=CC(=O)OCCCCC(C)CCCCCCCC. The molecule has 0 saturated heterocycles. The zero-order valence-corrected chi connectivity index (χ0v) is 13.0. The van der Waals surface area contributed by atoms with Gasteiger partial charge in [0, 0.05) is 6.08 Å². The zero-order chi connectivity index (χ0) is 14.3. The summed E-state index contributed by atoms with van der Waals surface area (Å²) in [4.78, 5) is 10.8. The van der Waals surface area contributed by atoms with E-state index in [1.54, 1.807) is 0 Å². The third kappa shape index (κ3) is 13.4. The van der Waals surface area contributed by atoms with Gasteiger partial charge < -0.3 is 4.74 Å². The van der Waals surface area contributed by atoms with Gasteiger partial charge in [0.1, 0.15) is 0 Å². The first kappa shape index (κ1) is 18.2. The Hall–Kier alpha value is -0.790. The molecule has 0 amide bonds. The molecule has 0 heterocycles. The minimum absolute atomic E-state index is 0.305. The molecule has 0 spiro atoms. The van der Waals surface area contributed by atoms with Gasteiger partial charge in [0.2, 0.25) is 0 Å². The molecule has 112 valence electrons. The number of hydrogen-bond donors (Lipinski definition) is 0. The highest BCUT2D eigenvalue weighted by Gasteiger charge is 2.02. The van der Waals surface area contributed by atoms with Crippen LogP contribution in [0, 0.1) is 5.92 Å². The molecule has 1 atom stereocenters. The van der Waals surface area contributed by atoms with Crippen molar-refractivity contribution < 1.29 is 9.53 Å². The number of carbonyl (C=O) groups is 1. The predicted octanol–water partition coefficient (Wildman–Crippen LogP) is 5.27. The normalized spacial score (nSPS) is 12.1. The first-order chi connectivity index (χ1) is 9.20. The molecule has 0 fully saturated rings. The lowest BCUT2D eigenvalue weighted by Gasteiger charge is -2.11. The van der Waals surface area contributed by atoms with E-state index in [9.17, 15) is 4.79 Å². The number of unbranched alkanes of at least 4 members (excludes halogenated alkanes) is 6. The quantitative estimate of drug-likeness (QED) is 0.258. The molecule has 2 heteroatoms. The highest BCUT2D eigenvalue weighted by atomic mass is 16.5. The number of ether oxygens (including phenoxy) is 1. The van der Waals surface area contributed by atoms with Gasteiger partial charge in [-0.2, -0.15) is 0 Å². The van der Waals surface area contributed by atoms with Crippen molar-refractivity contribution in [3.8, 4) is 0 Å². The highest BCUT2D eigenvalue weighted by molar-refractivity contribution is 5.81. The Balaban J connectivity index is 3.23. The van der Waals surface area contributed by atoms with E-state index in [-0.39, 0.29) is 5.97 Å². The van der Waals surface area contributed by atoms with Crippen LogP contribution in [0.15, 0.2) is 12.7 Å². The maximum atomic E-state index is 10.8. The summed E-state index contributed by atoms with van der Waals surface area (Å²) in [6.45, 7) is 8.50. The molecule has 0 rings (SSSR count). The number of rotatable bonds is 13. The summed E-state index contributed by atoms with van der Waals surface area (Å²) < 4.78 is 4.95. The van der Waals surface area contributed by atoms with E-state index in [4.69, 9.17) is 4.74 Å². The van der Waals surface area contributed by atoms with E-state index in [2.05, 4.69) is 20.4 Å². The Bertz CT molecular complexity index is 223. The molecular formula is C17H32O2. The molecule has 0 aliphatic carbocycles. The van der Waals surface area contributed by atoms with E-state index in [1.165, 1.54) is 57.4 Å². The highest BCUT2D eigenvalue weighted by Crippen LogP contribution is 2.17. The van der Waals surface area contributed by atoms with Crippen LogP contribution in [-0.2, 0) is 9.53 Å². The average Bonchev–Trinajstić information content (AvgIpc) is 2.42. The third-order valence-electron chi connectivity index (χ3n) is 3.55. The van der Waals surface area contributed by atoms with Crippen LogP contribution in [0.2, 0.25) is 0 Å². The number of esters is 1. The molecule has 19 heavy (non-hydrogen) atoms. The Morgan fingerprint density at radius 1 is 1.05 bits per heavy atom. The van der Waals surface area contributed by atoms with Crippen LogP contribution < -0.4 is 0 Å². The second-order valence-corrected chi connectivity index (χ2v) is 5.53. The number of carbonyl (C=O) groups excluding carboxylic acids is 1. The van der Waals surface area contributed by atoms with Crippen LogP contribution in [0.4, 0.5) is 0 Å². The van der Waals surface area contributed by atoms with Crippen molar-refractivity contribution in [2.45, 2.75) is 78.1 Å². The third-order valence-corrected chi connectivity index (χ3v) is 3.55. The molecule has 1 unspecified atom stereocenters. The summed E-state index contributed by atoms with van der Waals surface area (Å²) in [5, 5.41) is 0. The first-order valence-corrected chi connectivity index (χ1v) is 7.99. The minimum Gasteiger partial charge on any atom is -0.463 e. The maximum absolute atomic E-state index is 10.8. The molecule has 0 radical (unpaired) electrons. The second-order valence-electron chi connectivity index (χ2n) is 5.53. The van der Waals surface area contributed by atoms with E-state index >= 15 is 0 Å². The van der Waals surface area contributed by atoms with E-state index in [0.717, 1.165) is 18.8 Å². The fourth-order valence-electron chi connectivity index (χ4n) is 2.24. The fraction of sp³-hybridized carbons (Fsp3) is 0.824. The van der Waals surface area contributed by atoms with Crippen LogP contribution in [0.5, 0.6) is 0 Å². The zero-order valence-electron chi connectivity index (χ0n) is 13.0. The lowest BCUT2D eigenvalue weighted by Crippen LogP contribution is -2.02. The summed E-state index contributed by atoms with van der Waals surface area (Å²) >= 11 is 0. The molecule has 0 aromatic carbocycles. The fourth-order valence-corrected chi connectivity index (χ4v) is 2.24. The number of hydrogen-bond acceptors (Lipinski definition) is 2. The minimum atomic E-state index is -0.305. The standard InChI is InChI=1S/C17H32O2/c1-4-6-7-8-9-10-13-16(3)14-11-12-15-19-17(18)5-2/h5,16H,2,4,6-15H2,1,3H3. The Morgan fingerprint density at radius 2 is 1.63 bits per heavy atom. The van der Waals surface area contributed by atoms with E-state index in [0.29, 0.717) is 6.61 Å². The lowest BCUT2D eigenvalue weighted by molar-refractivity contribution is -0.137. The van der Waals surface area contributed by atoms with Crippen LogP contribution in [0.1, 0.15) is 78.1 Å². The summed E-state index contributed by atoms with van der Waals surface area (Å²) in [6.07, 6.45) is 14.2. The largest absolute Gasteiger partial charge is 0.463 e. The summed E-state index contributed by atoms with van der Waals surface area (Å²) in [5.41, 5.74) is 0. The summed E-state index contributed by atoms with van der Waals surface area (Å²) in [5.74, 6) is 0.501. The first-order valence-electron chi connectivity index (χ1n) is 7.99. The van der Waals surface area contributed by atoms with Gasteiger partial charge in [0.05, 0.1) is 6.61 Å². The molecule has 0 bridgehead atoms. The van der Waals surface area contributed by atoms with Crippen molar-refractivity contribution in [1.82, 2.24) is 0 Å². The molecule has 0 aliphatic heterocycles. The van der Waals surface area contributed by atoms with Gasteiger partial charge in [0.25, 0.3) is 0 Å². The van der Waals surface area contributed by atoms with Gasteiger partial charge in [-0.15, -0.1) is 0 Å². The average molecular weight is 268 g/mol. The van der Waals surface area contributed by atoms with Gasteiger partial charge >= 0.3 is 5.97 Å². The van der Waals surface area contributed by atoms with Crippen molar-refractivity contribution in [3.05, 3.63) is 12.7 Å². The molecule has 0 aromatic heterocycles. The second kappa shape index (κ2) is 13.6. The molecule has 0 N–H and O–H groups in total. The summed E-state index contributed by atoms with van der Waals surface area (Å²) in [7, 11) is 0. The maximum Gasteiger partial charge on any atom is 0.330 e. The van der Waals surface area contributed by atoms with Gasteiger partial charge in [-0.05, 0) is 18.8 Å². The lowest BCUT2D eigenvalue weighted by atomic mass is 9.97. The van der Waals surface area contributed by atoms with Crippen LogP contribution in [0.3, 0.4) is 0 Å². The van der Waals surface area contributed by atoms with Gasteiger partial charge in [0.15, 0.2) is 0 Å². The molecule has 2 nitrogen and oxygen atoms in total. The van der Waals surface area contributed by atoms with Crippen molar-refractivity contribution in [3.63, 3.8) is 0 Å². The van der Waals surface area contributed by atoms with Crippen molar-refractivity contribution in [1.29, 1.82) is 0 Å². The predicted molar refractivity (Wildman–Crippen MR) is 82.2 cm³/mol. The van der Waals surface area contributed by atoms with Gasteiger partial charge in [-0.25, -0.2) is 4.79 Å². The monoisotopic (exact) mass is 268 g/mol. The Labute approximate surface area is 119 Å². The summed E-state index contributed by atoms with van der Waals surface area (Å²) in [6, 6.07) is 0. The molecule has 0 saturated carbocycles. The Morgan fingerprint density at radius 3 is 2.26 bits per heavy atom. The van der Waals surface area contributed by atoms with Crippen LogP contribution in [0.25, 0.3) is 0 Å². The molecular weight excluding hydrogens is 236 g/mol. The smallest absolute Gasteiger partial charge is 0.330 e. The topological polar surface area (TPSA) is 26.3 Å². The van der Waals surface area contributed by atoms with Crippen molar-refractivity contribution in [2.75, 3.05) is 6.61 Å². The van der Waals surface area contributed by atoms with Crippen molar-refractivity contribution in [2.24, 2.45) is 5.92 Å². The van der Waals surface area contributed by atoms with Crippen molar-refractivity contribution >= 4 is 5.97 Å².